The fourth-order valence-corrected chi connectivity index (χ4v) is 6.07. The van der Waals surface area contributed by atoms with Crippen molar-refractivity contribution in [3.63, 3.8) is 0 Å². The number of aryl methyl sites for hydroxylation is 2. The van der Waals surface area contributed by atoms with Crippen molar-refractivity contribution in [2.45, 2.75) is 26.2 Å². The van der Waals surface area contributed by atoms with Gasteiger partial charge >= 0.3 is 0 Å². The van der Waals surface area contributed by atoms with Crippen LogP contribution in [-0.2, 0) is 16.9 Å². The highest BCUT2D eigenvalue weighted by Gasteiger charge is 2.34. The summed E-state index contributed by atoms with van der Waals surface area (Å²) in [5, 5.41) is 0. The van der Waals surface area contributed by atoms with Gasteiger partial charge in [-0.1, -0.05) is 78.9 Å². The van der Waals surface area contributed by atoms with Crippen molar-refractivity contribution >= 4 is 12.7 Å². The lowest BCUT2D eigenvalue weighted by Gasteiger charge is -2.20. The third kappa shape index (κ3) is 4.03. The molecule has 0 amide bonds. The van der Waals surface area contributed by atoms with Gasteiger partial charge in [-0.25, -0.2) is 0 Å². The fourth-order valence-electron chi connectivity index (χ4n) is 3.31. The fraction of sp³-hybridized carbons (Fsp3) is 0.174. The first kappa shape index (κ1) is 18.4. The zero-order valence-electron chi connectivity index (χ0n) is 15.2. The highest BCUT2D eigenvalue weighted by Crippen LogP contribution is 2.55. The second kappa shape index (κ2) is 7.85. The number of hydrogen-bond acceptors (Lipinski definition) is 2. The maximum atomic E-state index is 14.0. The number of rotatable bonds is 6. The minimum Gasteiger partial charge on any atom is -0.314 e. The second-order valence-electron chi connectivity index (χ2n) is 6.75. The molecule has 0 fully saturated rings. The van der Waals surface area contributed by atoms with E-state index in [1.54, 1.807) is 0 Å². The van der Waals surface area contributed by atoms with Crippen molar-refractivity contribution in [3.05, 3.63) is 107 Å². The Morgan fingerprint density at radius 1 is 0.692 bits per heavy atom. The highest BCUT2D eigenvalue weighted by molar-refractivity contribution is 7.79. The molecule has 0 saturated carbocycles. The first-order valence-corrected chi connectivity index (χ1v) is 10.8. The zero-order chi connectivity index (χ0) is 18.6. The SMILES string of the molecule is Cc1cccc(C)c1C(=O)P(=O)(Cc1ccccc1)Cc1ccccc1. The van der Waals surface area contributed by atoms with E-state index in [0.29, 0.717) is 5.56 Å². The molecule has 0 radical (unpaired) electrons. The Morgan fingerprint density at radius 3 is 1.54 bits per heavy atom. The van der Waals surface area contributed by atoms with Crippen LogP contribution in [0.25, 0.3) is 0 Å². The van der Waals surface area contributed by atoms with Crippen molar-refractivity contribution < 1.29 is 9.36 Å². The summed E-state index contributed by atoms with van der Waals surface area (Å²) in [6.45, 7) is 3.82. The van der Waals surface area contributed by atoms with Crippen LogP contribution in [-0.4, -0.2) is 5.52 Å². The molecule has 0 unspecified atom stereocenters. The van der Waals surface area contributed by atoms with Gasteiger partial charge in [0.05, 0.1) is 0 Å². The van der Waals surface area contributed by atoms with Crippen molar-refractivity contribution in [2.24, 2.45) is 0 Å². The normalized spacial score (nSPS) is 11.3. The van der Waals surface area contributed by atoms with Crippen LogP contribution in [0.2, 0.25) is 0 Å². The largest absolute Gasteiger partial charge is 0.314 e. The number of hydrogen-bond donors (Lipinski definition) is 0. The van der Waals surface area contributed by atoms with Crippen molar-refractivity contribution in [2.75, 3.05) is 0 Å². The molecule has 3 aromatic rings. The maximum Gasteiger partial charge on any atom is 0.222 e. The Morgan fingerprint density at radius 2 is 1.12 bits per heavy atom. The number of carbonyl (C=O) groups excluding carboxylic acids is 1. The molecule has 26 heavy (non-hydrogen) atoms. The molecule has 0 saturated heterocycles. The van der Waals surface area contributed by atoms with Gasteiger partial charge in [-0.15, -0.1) is 0 Å². The van der Waals surface area contributed by atoms with Gasteiger partial charge in [0.2, 0.25) is 5.52 Å². The summed E-state index contributed by atoms with van der Waals surface area (Å²) in [6, 6.07) is 25.1. The molecular formula is C23H23O2P. The van der Waals surface area contributed by atoms with E-state index in [1.165, 1.54) is 0 Å². The Labute approximate surface area is 155 Å². The molecule has 132 valence electrons. The predicted molar refractivity (Wildman–Crippen MR) is 108 cm³/mol. The van der Waals surface area contributed by atoms with Gasteiger partial charge in [-0.3, -0.25) is 4.79 Å². The molecule has 0 aliphatic heterocycles. The summed E-state index contributed by atoms with van der Waals surface area (Å²) in [7, 11) is -3.17. The lowest BCUT2D eigenvalue weighted by atomic mass is 10.0. The lowest BCUT2D eigenvalue weighted by Crippen LogP contribution is -2.09. The van der Waals surface area contributed by atoms with Crippen LogP contribution in [0.15, 0.2) is 78.9 Å². The average molecular weight is 362 g/mol. The number of carbonyl (C=O) groups is 1. The van der Waals surface area contributed by atoms with Crippen LogP contribution >= 0.6 is 7.14 Å². The molecule has 0 heterocycles. The summed E-state index contributed by atoms with van der Waals surface area (Å²) < 4.78 is 14.0. The van der Waals surface area contributed by atoms with Crippen LogP contribution in [0.3, 0.4) is 0 Å². The molecule has 0 spiro atoms. The van der Waals surface area contributed by atoms with Gasteiger partial charge in [-0.05, 0) is 36.1 Å². The van der Waals surface area contributed by atoms with E-state index in [1.807, 2.05) is 92.7 Å². The first-order chi connectivity index (χ1) is 12.5. The molecule has 3 rings (SSSR count). The van der Waals surface area contributed by atoms with Crippen LogP contribution in [0.1, 0.15) is 32.6 Å². The molecule has 0 aliphatic rings. The highest BCUT2D eigenvalue weighted by atomic mass is 31.2. The monoisotopic (exact) mass is 362 g/mol. The third-order valence-electron chi connectivity index (χ3n) is 4.63. The molecule has 0 atom stereocenters. The predicted octanol–water partition coefficient (Wildman–Crippen LogP) is 6.21. The summed E-state index contributed by atoms with van der Waals surface area (Å²) in [6.07, 6.45) is 0.574. The minimum absolute atomic E-state index is 0.208. The van der Waals surface area contributed by atoms with Gasteiger partial charge in [0, 0.05) is 17.9 Å². The molecule has 3 aromatic carbocycles. The first-order valence-electron chi connectivity index (χ1n) is 8.77. The van der Waals surface area contributed by atoms with Crippen LogP contribution < -0.4 is 0 Å². The van der Waals surface area contributed by atoms with Crippen molar-refractivity contribution in [1.82, 2.24) is 0 Å². The topological polar surface area (TPSA) is 34.1 Å². The van der Waals surface area contributed by atoms with E-state index >= 15 is 0 Å². The van der Waals surface area contributed by atoms with Gasteiger partial charge in [0.15, 0.2) is 7.14 Å². The quantitative estimate of drug-likeness (QED) is 0.489. The summed E-state index contributed by atoms with van der Waals surface area (Å²) in [5.41, 5.74) is 4.05. The lowest BCUT2D eigenvalue weighted by molar-refractivity contribution is 0.107. The summed E-state index contributed by atoms with van der Waals surface area (Å²) in [5.74, 6) is 0. The van der Waals surface area contributed by atoms with E-state index in [2.05, 4.69) is 0 Å². The van der Waals surface area contributed by atoms with Crippen LogP contribution in [0, 0.1) is 13.8 Å². The smallest absolute Gasteiger partial charge is 0.222 e. The average Bonchev–Trinajstić information content (AvgIpc) is 2.63. The van der Waals surface area contributed by atoms with Crippen molar-refractivity contribution in [1.29, 1.82) is 0 Å². The number of benzene rings is 3. The Hall–Kier alpha value is -2.44. The van der Waals surface area contributed by atoms with Crippen LogP contribution in [0.4, 0.5) is 0 Å². The van der Waals surface area contributed by atoms with Gasteiger partial charge in [-0.2, -0.15) is 0 Å². The van der Waals surface area contributed by atoms with E-state index in [-0.39, 0.29) is 17.8 Å². The standard InChI is InChI=1S/C23H23O2P/c1-18-10-9-11-19(2)22(18)23(24)26(25,16-20-12-5-3-6-13-20)17-21-14-7-4-8-15-21/h3-15H,16-17H2,1-2H3. The van der Waals surface area contributed by atoms with Crippen molar-refractivity contribution in [3.8, 4) is 0 Å². The van der Waals surface area contributed by atoms with Gasteiger partial charge in [0.1, 0.15) is 0 Å². The molecule has 0 bridgehead atoms. The van der Waals surface area contributed by atoms with Crippen LogP contribution in [0.5, 0.6) is 0 Å². The summed E-state index contributed by atoms with van der Waals surface area (Å²) >= 11 is 0. The molecular weight excluding hydrogens is 339 g/mol. The maximum absolute atomic E-state index is 14.0. The molecule has 0 aliphatic carbocycles. The third-order valence-corrected chi connectivity index (χ3v) is 7.34. The minimum atomic E-state index is -3.17. The van der Waals surface area contributed by atoms with E-state index < -0.39 is 7.14 Å². The Kier molecular flexibility index (Phi) is 5.54. The molecule has 3 heteroatoms. The van der Waals surface area contributed by atoms with Gasteiger partial charge in [0.25, 0.3) is 0 Å². The molecule has 0 N–H and O–H groups in total. The summed E-state index contributed by atoms with van der Waals surface area (Å²) in [4.78, 5) is 13.5. The zero-order valence-corrected chi connectivity index (χ0v) is 16.1. The second-order valence-corrected chi connectivity index (χ2v) is 9.57. The Bertz CT molecular complexity index is 881. The van der Waals surface area contributed by atoms with E-state index in [9.17, 15) is 9.36 Å². The Balaban J connectivity index is 2.05. The molecule has 2 nitrogen and oxygen atoms in total. The van der Waals surface area contributed by atoms with Gasteiger partial charge < -0.3 is 4.57 Å². The molecule has 0 aromatic heterocycles. The van der Waals surface area contributed by atoms with E-state index in [4.69, 9.17) is 0 Å². The van der Waals surface area contributed by atoms with E-state index in [0.717, 1.165) is 22.3 Å².